The Hall–Kier alpha value is -0.120. The fourth-order valence-electron chi connectivity index (χ4n) is 0.914. The predicted molar refractivity (Wildman–Crippen MR) is 51.9 cm³/mol. The summed E-state index contributed by atoms with van der Waals surface area (Å²) >= 11 is 8.78. The minimum absolute atomic E-state index is 0.126. The van der Waals surface area contributed by atoms with E-state index in [9.17, 15) is 4.39 Å². The summed E-state index contributed by atoms with van der Waals surface area (Å²) in [5.74, 6) is -0.378. The third-order valence-electron chi connectivity index (χ3n) is 1.53. The van der Waals surface area contributed by atoms with E-state index in [2.05, 4.69) is 15.9 Å². The fraction of sp³-hybridized carbons (Fsp3) is 0.250. The first-order valence-corrected chi connectivity index (χ1v) is 4.66. The highest BCUT2D eigenvalue weighted by Crippen LogP contribution is 2.27. The van der Waals surface area contributed by atoms with E-state index in [1.807, 2.05) is 0 Å². The zero-order valence-electron chi connectivity index (χ0n) is 6.28. The van der Waals surface area contributed by atoms with Gasteiger partial charge in [0.1, 0.15) is 5.82 Å². The van der Waals surface area contributed by atoms with Gasteiger partial charge in [0.25, 0.3) is 0 Å². The molecule has 66 valence electrons. The second-order valence-corrected chi connectivity index (χ2v) is 3.61. The first-order valence-electron chi connectivity index (χ1n) is 3.49. The molecule has 1 rings (SSSR count). The van der Waals surface area contributed by atoms with E-state index in [0.29, 0.717) is 23.0 Å². The molecule has 0 amide bonds. The molecule has 1 aromatic carbocycles. The van der Waals surface area contributed by atoms with Crippen LogP contribution in [0.1, 0.15) is 5.56 Å². The van der Waals surface area contributed by atoms with Crippen molar-refractivity contribution in [2.75, 3.05) is 6.54 Å². The van der Waals surface area contributed by atoms with Gasteiger partial charge in [-0.15, -0.1) is 0 Å². The van der Waals surface area contributed by atoms with Crippen LogP contribution in [-0.4, -0.2) is 6.54 Å². The standard InChI is InChI=1S/C8H8BrClFN/c9-6-2-1-5(3-4-12)8(11)7(6)10/h1-2H,3-4,12H2. The number of nitrogens with two attached hydrogens (primary N) is 1. The lowest BCUT2D eigenvalue weighted by Crippen LogP contribution is -2.04. The maximum Gasteiger partial charge on any atom is 0.146 e. The molecular weight excluding hydrogens is 244 g/mol. The Morgan fingerprint density at radius 3 is 2.75 bits per heavy atom. The van der Waals surface area contributed by atoms with Crippen LogP contribution in [-0.2, 0) is 6.42 Å². The summed E-state index contributed by atoms with van der Waals surface area (Å²) in [5.41, 5.74) is 5.86. The molecule has 0 heterocycles. The Kier molecular flexibility index (Phi) is 3.50. The van der Waals surface area contributed by atoms with Gasteiger partial charge in [0.2, 0.25) is 0 Å². The Morgan fingerprint density at radius 1 is 1.50 bits per heavy atom. The van der Waals surface area contributed by atoms with Crippen molar-refractivity contribution in [2.24, 2.45) is 5.73 Å². The molecule has 0 saturated heterocycles. The average Bonchev–Trinajstić information content (AvgIpc) is 2.07. The van der Waals surface area contributed by atoms with E-state index in [4.69, 9.17) is 17.3 Å². The number of hydrogen-bond acceptors (Lipinski definition) is 1. The molecule has 12 heavy (non-hydrogen) atoms. The van der Waals surface area contributed by atoms with E-state index >= 15 is 0 Å². The largest absolute Gasteiger partial charge is 0.330 e. The number of benzene rings is 1. The summed E-state index contributed by atoms with van der Waals surface area (Å²) in [7, 11) is 0. The predicted octanol–water partition coefficient (Wildman–Crippen LogP) is 2.74. The maximum atomic E-state index is 13.2. The molecule has 0 fully saturated rings. The first kappa shape index (κ1) is 9.96. The molecule has 0 aliphatic heterocycles. The zero-order chi connectivity index (χ0) is 9.14. The molecular formula is C8H8BrClFN. The summed E-state index contributed by atoms with van der Waals surface area (Å²) in [5, 5.41) is 0.126. The lowest BCUT2D eigenvalue weighted by Gasteiger charge is -2.03. The molecule has 0 saturated carbocycles. The Bertz CT molecular complexity index is 291. The van der Waals surface area contributed by atoms with Gasteiger partial charge in [0, 0.05) is 4.47 Å². The van der Waals surface area contributed by atoms with E-state index in [1.54, 1.807) is 12.1 Å². The second-order valence-electron chi connectivity index (χ2n) is 2.37. The van der Waals surface area contributed by atoms with Gasteiger partial charge >= 0.3 is 0 Å². The SMILES string of the molecule is NCCc1ccc(Br)c(Cl)c1F. The molecule has 0 radical (unpaired) electrons. The van der Waals surface area contributed by atoms with Crippen LogP contribution < -0.4 is 5.73 Å². The van der Waals surface area contributed by atoms with Crippen molar-refractivity contribution in [1.29, 1.82) is 0 Å². The van der Waals surface area contributed by atoms with E-state index in [1.165, 1.54) is 0 Å². The first-order chi connectivity index (χ1) is 5.66. The molecule has 4 heteroatoms. The lowest BCUT2D eigenvalue weighted by molar-refractivity contribution is 0.609. The third-order valence-corrected chi connectivity index (χ3v) is 2.79. The summed E-state index contributed by atoms with van der Waals surface area (Å²) in [6, 6.07) is 3.40. The molecule has 0 unspecified atom stereocenters. The van der Waals surface area contributed by atoms with Crippen LogP contribution in [0.15, 0.2) is 16.6 Å². The lowest BCUT2D eigenvalue weighted by atomic mass is 10.1. The Morgan fingerprint density at radius 2 is 2.17 bits per heavy atom. The van der Waals surface area contributed by atoms with Crippen LogP contribution in [0.4, 0.5) is 4.39 Å². The van der Waals surface area contributed by atoms with Gasteiger partial charge < -0.3 is 5.73 Å². The third kappa shape index (κ3) is 1.97. The van der Waals surface area contributed by atoms with Crippen molar-refractivity contribution < 1.29 is 4.39 Å². The van der Waals surface area contributed by atoms with Gasteiger partial charge in [0.15, 0.2) is 0 Å². The fourth-order valence-corrected chi connectivity index (χ4v) is 1.41. The summed E-state index contributed by atoms with van der Waals surface area (Å²) in [6.45, 7) is 0.425. The number of hydrogen-bond donors (Lipinski definition) is 1. The van der Waals surface area contributed by atoms with Crippen LogP contribution in [0, 0.1) is 5.82 Å². The molecule has 0 aliphatic carbocycles. The number of halogens is 3. The van der Waals surface area contributed by atoms with Crippen LogP contribution >= 0.6 is 27.5 Å². The molecule has 1 nitrogen and oxygen atoms in total. The van der Waals surface area contributed by atoms with Crippen LogP contribution in [0.25, 0.3) is 0 Å². The van der Waals surface area contributed by atoms with E-state index < -0.39 is 0 Å². The van der Waals surface area contributed by atoms with Gasteiger partial charge in [-0.1, -0.05) is 17.7 Å². The summed E-state index contributed by atoms with van der Waals surface area (Å²) in [4.78, 5) is 0. The molecule has 0 spiro atoms. The van der Waals surface area contributed by atoms with E-state index in [-0.39, 0.29) is 10.8 Å². The molecule has 2 N–H and O–H groups in total. The topological polar surface area (TPSA) is 26.0 Å². The van der Waals surface area contributed by atoms with E-state index in [0.717, 1.165) is 0 Å². The van der Waals surface area contributed by atoms with Gasteiger partial charge in [-0.25, -0.2) is 4.39 Å². The highest BCUT2D eigenvalue weighted by atomic mass is 79.9. The van der Waals surface area contributed by atoms with Crippen LogP contribution in [0.5, 0.6) is 0 Å². The van der Waals surface area contributed by atoms with Crippen LogP contribution in [0.3, 0.4) is 0 Å². The molecule has 0 bridgehead atoms. The molecule has 1 aromatic rings. The monoisotopic (exact) mass is 251 g/mol. The van der Waals surface area contributed by atoms with Gasteiger partial charge in [-0.05, 0) is 40.5 Å². The quantitative estimate of drug-likeness (QED) is 0.805. The normalized spacial score (nSPS) is 10.3. The summed E-state index contributed by atoms with van der Waals surface area (Å²) in [6.07, 6.45) is 0.513. The average molecular weight is 253 g/mol. The van der Waals surface area contributed by atoms with Gasteiger partial charge in [-0.3, -0.25) is 0 Å². The second kappa shape index (κ2) is 4.21. The van der Waals surface area contributed by atoms with Crippen LogP contribution in [0.2, 0.25) is 5.02 Å². The zero-order valence-corrected chi connectivity index (χ0v) is 8.62. The number of rotatable bonds is 2. The minimum Gasteiger partial charge on any atom is -0.330 e. The van der Waals surface area contributed by atoms with Gasteiger partial charge in [0.05, 0.1) is 5.02 Å². The highest BCUT2D eigenvalue weighted by Gasteiger charge is 2.08. The maximum absolute atomic E-state index is 13.2. The van der Waals surface area contributed by atoms with Crippen molar-refractivity contribution in [2.45, 2.75) is 6.42 Å². The van der Waals surface area contributed by atoms with Crippen molar-refractivity contribution in [1.82, 2.24) is 0 Å². The van der Waals surface area contributed by atoms with Gasteiger partial charge in [-0.2, -0.15) is 0 Å². The smallest absolute Gasteiger partial charge is 0.146 e. The van der Waals surface area contributed by atoms with Crippen molar-refractivity contribution in [3.05, 3.63) is 33.0 Å². The molecule has 0 atom stereocenters. The Labute approximate surface area is 83.8 Å². The van der Waals surface area contributed by atoms with Crippen molar-refractivity contribution >= 4 is 27.5 Å². The van der Waals surface area contributed by atoms with Crippen molar-refractivity contribution in [3.63, 3.8) is 0 Å². The Balaban J connectivity index is 3.08. The van der Waals surface area contributed by atoms with Crippen molar-refractivity contribution in [3.8, 4) is 0 Å². The highest BCUT2D eigenvalue weighted by molar-refractivity contribution is 9.10. The molecule has 0 aliphatic rings. The molecule has 0 aromatic heterocycles. The summed E-state index contributed by atoms with van der Waals surface area (Å²) < 4.78 is 13.8. The minimum atomic E-state index is -0.378.